The third-order valence-electron chi connectivity index (χ3n) is 4.20. The summed E-state index contributed by atoms with van der Waals surface area (Å²) in [6.07, 6.45) is 8.44. The molecule has 6 heteroatoms. The SMILES string of the molecule is O=[N+]([O-])c1cccc(NN=Cc2ccc(SC3CCCCC3)cc2)c1. The molecule has 130 valence electrons. The molecular weight excluding hydrogens is 334 g/mol. The molecule has 25 heavy (non-hydrogen) atoms. The van der Waals surface area contributed by atoms with Crippen molar-refractivity contribution >= 4 is 29.4 Å². The van der Waals surface area contributed by atoms with Gasteiger partial charge in [-0.1, -0.05) is 37.5 Å². The van der Waals surface area contributed by atoms with E-state index in [2.05, 4.69) is 22.7 Å². The number of hydrogen-bond donors (Lipinski definition) is 1. The molecule has 1 fully saturated rings. The van der Waals surface area contributed by atoms with Crippen LogP contribution >= 0.6 is 11.8 Å². The van der Waals surface area contributed by atoms with Gasteiger partial charge in [-0.25, -0.2) is 0 Å². The Morgan fingerprint density at radius 3 is 2.60 bits per heavy atom. The minimum atomic E-state index is -0.419. The van der Waals surface area contributed by atoms with E-state index in [-0.39, 0.29) is 5.69 Å². The van der Waals surface area contributed by atoms with Crippen LogP contribution in [-0.2, 0) is 0 Å². The molecule has 0 atom stereocenters. The Kier molecular flexibility index (Phi) is 6.06. The average Bonchev–Trinajstić information content (AvgIpc) is 2.64. The number of nitro groups is 1. The van der Waals surface area contributed by atoms with Gasteiger partial charge in [0, 0.05) is 22.3 Å². The van der Waals surface area contributed by atoms with Crippen LogP contribution in [0.5, 0.6) is 0 Å². The van der Waals surface area contributed by atoms with Crippen LogP contribution in [0.3, 0.4) is 0 Å². The first-order valence-corrected chi connectivity index (χ1v) is 9.39. The number of nitrogens with zero attached hydrogens (tertiary/aromatic N) is 2. The molecule has 0 amide bonds. The van der Waals surface area contributed by atoms with Crippen molar-refractivity contribution in [2.45, 2.75) is 42.2 Å². The molecular formula is C19H21N3O2S. The molecule has 1 saturated carbocycles. The molecule has 0 bridgehead atoms. The maximum atomic E-state index is 10.8. The highest BCUT2D eigenvalue weighted by atomic mass is 32.2. The van der Waals surface area contributed by atoms with E-state index in [9.17, 15) is 10.1 Å². The summed E-state index contributed by atoms with van der Waals surface area (Å²) >= 11 is 1.97. The standard InChI is InChI=1S/C19H21N3O2S/c23-22(24)17-6-4-5-16(13-17)21-20-14-15-9-11-19(12-10-15)25-18-7-2-1-3-8-18/h4-6,9-14,18,21H,1-3,7-8H2. The van der Waals surface area contributed by atoms with Crippen molar-refractivity contribution in [3.05, 3.63) is 64.2 Å². The Balaban J connectivity index is 1.54. The summed E-state index contributed by atoms with van der Waals surface area (Å²) in [5.74, 6) is 0. The molecule has 1 aliphatic rings. The minimum absolute atomic E-state index is 0.0456. The zero-order valence-electron chi connectivity index (χ0n) is 13.9. The van der Waals surface area contributed by atoms with Gasteiger partial charge in [-0.2, -0.15) is 5.10 Å². The van der Waals surface area contributed by atoms with Crippen LogP contribution in [0.2, 0.25) is 0 Å². The molecule has 0 radical (unpaired) electrons. The highest BCUT2D eigenvalue weighted by molar-refractivity contribution is 8.00. The zero-order chi connectivity index (χ0) is 17.5. The highest BCUT2D eigenvalue weighted by Crippen LogP contribution is 2.33. The number of non-ortho nitro benzene ring substituents is 1. The van der Waals surface area contributed by atoms with Crippen molar-refractivity contribution in [3.63, 3.8) is 0 Å². The second kappa shape index (κ2) is 8.67. The van der Waals surface area contributed by atoms with Crippen molar-refractivity contribution in [2.75, 3.05) is 5.43 Å². The summed E-state index contributed by atoms with van der Waals surface area (Å²) in [5.41, 5.74) is 4.46. The lowest BCUT2D eigenvalue weighted by molar-refractivity contribution is -0.384. The summed E-state index contributed by atoms with van der Waals surface area (Å²) in [4.78, 5) is 11.6. The van der Waals surface area contributed by atoms with E-state index in [4.69, 9.17) is 0 Å². The fourth-order valence-corrected chi connectivity index (χ4v) is 4.13. The molecule has 0 heterocycles. The van der Waals surface area contributed by atoms with Gasteiger partial charge in [-0.05, 0) is 36.6 Å². The van der Waals surface area contributed by atoms with E-state index < -0.39 is 4.92 Å². The van der Waals surface area contributed by atoms with Crippen LogP contribution < -0.4 is 5.43 Å². The van der Waals surface area contributed by atoms with E-state index >= 15 is 0 Å². The van der Waals surface area contributed by atoms with E-state index in [1.807, 2.05) is 23.9 Å². The molecule has 1 aliphatic carbocycles. The monoisotopic (exact) mass is 355 g/mol. The van der Waals surface area contributed by atoms with E-state index in [1.54, 1.807) is 18.3 Å². The summed E-state index contributed by atoms with van der Waals surface area (Å²) in [7, 11) is 0. The number of nitrogens with one attached hydrogen (secondary N) is 1. The number of thioether (sulfide) groups is 1. The van der Waals surface area contributed by atoms with E-state index in [0.29, 0.717) is 5.69 Å². The Bertz CT molecular complexity index is 741. The van der Waals surface area contributed by atoms with Gasteiger partial charge in [-0.3, -0.25) is 15.5 Å². The van der Waals surface area contributed by atoms with Crippen molar-refractivity contribution in [3.8, 4) is 0 Å². The summed E-state index contributed by atoms with van der Waals surface area (Å²) < 4.78 is 0. The Morgan fingerprint density at radius 1 is 1.12 bits per heavy atom. The quantitative estimate of drug-likeness (QED) is 0.424. The molecule has 0 aromatic heterocycles. The van der Waals surface area contributed by atoms with Crippen molar-refractivity contribution < 1.29 is 4.92 Å². The Hall–Kier alpha value is -2.34. The van der Waals surface area contributed by atoms with Gasteiger partial charge in [-0.15, -0.1) is 11.8 Å². The molecule has 1 N–H and O–H groups in total. The largest absolute Gasteiger partial charge is 0.278 e. The number of nitro benzene ring substituents is 1. The Morgan fingerprint density at radius 2 is 1.88 bits per heavy atom. The number of hydrazone groups is 1. The topological polar surface area (TPSA) is 67.5 Å². The predicted molar refractivity (Wildman–Crippen MR) is 103 cm³/mol. The second-order valence-electron chi connectivity index (χ2n) is 6.12. The van der Waals surface area contributed by atoms with Crippen LogP contribution in [0, 0.1) is 10.1 Å². The third kappa shape index (κ3) is 5.32. The first-order valence-electron chi connectivity index (χ1n) is 8.51. The maximum absolute atomic E-state index is 10.8. The number of hydrogen-bond acceptors (Lipinski definition) is 5. The fourth-order valence-electron chi connectivity index (χ4n) is 2.88. The Labute approximate surface area is 151 Å². The van der Waals surface area contributed by atoms with Gasteiger partial charge < -0.3 is 0 Å². The number of anilines is 1. The van der Waals surface area contributed by atoms with Gasteiger partial charge in [0.15, 0.2) is 0 Å². The number of benzene rings is 2. The summed E-state index contributed by atoms with van der Waals surface area (Å²) in [5, 5.41) is 15.7. The zero-order valence-corrected chi connectivity index (χ0v) is 14.7. The molecule has 3 rings (SSSR count). The lowest BCUT2D eigenvalue weighted by Gasteiger charge is -2.20. The molecule has 0 spiro atoms. The maximum Gasteiger partial charge on any atom is 0.271 e. The lowest BCUT2D eigenvalue weighted by Crippen LogP contribution is -2.07. The van der Waals surface area contributed by atoms with Gasteiger partial charge in [0.1, 0.15) is 0 Å². The molecule has 0 unspecified atom stereocenters. The molecule has 0 aliphatic heterocycles. The van der Waals surface area contributed by atoms with Gasteiger partial charge in [0.25, 0.3) is 5.69 Å². The van der Waals surface area contributed by atoms with Crippen LogP contribution in [0.25, 0.3) is 0 Å². The van der Waals surface area contributed by atoms with Gasteiger partial charge in [0.05, 0.1) is 16.8 Å². The predicted octanol–water partition coefficient (Wildman–Crippen LogP) is 5.47. The minimum Gasteiger partial charge on any atom is -0.278 e. The van der Waals surface area contributed by atoms with Crippen molar-refractivity contribution in [2.24, 2.45) is 5.10 Å². The van der Waals surface area contributed by atoms with E-state index in [0.717, 1.165) is 10.8 Å². The second-order valence-corrected chi connectivity index (χ2v) is 7.50. The smallest absolute Gasteiger partial charge is 0.271 e. The van der Waals surface area contributed by atoms with Crippen LogP contribution in [0.1, 0.15) is 37.7 Å². The average molecular weight is 355 g/mol. The summed E-state index contributed by atoms with van der Waals surface area (Å²) in [6.45, 7) is 0. The first-order chi connectivity index (χ1) is 12.2. The van der Waals surface area contributed by atoms with Crippen molar-refractivity contribution in [1.82, 2.24) is 0 Å². The normalized spacial score (nSPS) is 15.4. The molecule has 0 saturated heterocycles. The van der Waals surface area contributed by atoms with Crippen LogP contribution in [0.15, 0.2) is 58.5 Å². The van der Waals surface area contributed by atoms with Crippen LogP contribution in [-0.4, -0.2) is 16.4 Å². The third-order valence-corrected chi connectivity index (χ3v) is 5.55. The number of rotatable bonds is 6. The van der Waals surface area contributed by atoms with E-state index in [1.165, 1.54) is 49.1 Å². The molecule has 5 nitrogen and oxygen atoms in total. The summed E-state index contributed by atoms with van der Waals surface area (Å²) in [6, 6.07) is 14.6. The lowest BCUT2D eigenvalue weighted by atomic mass is 10.0. The molecule has 2 aromatic rings. The van der Waals surface area contributed by atoms with Crippen LogP contribution in [0.4, 0.5) is 11.4 Å². The first kappa shape index (κ1) is 17.5. The fraction of sp³-hybridized carbons (Fsp3) is 0.316. The van der Waals surface area contributed by atoms with Gasteiger partial charge in [0.2, 0.25) is 0 Å². The molecule has 2 aromatic carbocycles. The van der Waals surface area contributed by atoms with Gasteiger partial charge >= 0.3 is 0 Å². The highest BCUT2D eigenvalue weighted by Gasteiger charge is 2.14. The van der Waals surface area contributed by atoms with Crippen molar-refractivity contribution in [1.29, 1.82) is 0 Å².